The molecule has 0 heterocycles. The minimum atomic E-state index is -3.64. The van der Waals surface area contributed by atoms with Crippen LogP contribution in [0.2, 0.25) is 5.02 Å². The minimum Gasteiger partial charge on any atom is -0.354 e. The summed E-state index contributed by atoms with van der Waals surface area (Å²) in [5.74, 6) is -0.944. The van der Waals surface area contributed by atoms with Crippen LogP contribution in [0.1, 0.15) is 44.7 Å². The molecule has 0 aliphatic rings. The lowest BCUT2D eigenvalue weighted by Crippen LogP contribution is -2.48. The van der Waals surface area contributed by atoms with Crippen molar-refractivity contribution in [3.05, 3.63) is 64.4 Å². The molecule has 2 amide bonds. The van der Waals surface area contributed by atoms with E-state index in [2.05, 4.69) is 5.32 Å². The zero-order chi connectivity index (χ0) is 27.0. The Balaban J connectivity index is 2.21. The van der Waals surface area contributed by atoms with E-state index in [4.69, 9.17) is 11.6 Å². The molecular weight excluding hydrogens is 505 g/mol. The summed E-state index contributed by atoms with van der Waals surface area (Å²) in [7, 11) is -3.64. The second-order valence-electron chi connectivity index (χ2n) is 9.30. The minimum absolute atomic E-state index is 0.0259. The molecule has 0 aliphatic carbocycles. The number of carbonyl (C=O) groups excluding carboxylic acids is 2. The normalized spacial score (nSPS) is 12.3. The van der Waals surface area contributed by atoms with Gasteiger partial charge in [-0.2, -0.15) is 0 Å². The van der Waals surface area contributed by atoms with Gasteiger partial charge in [-0.3, -0.25) is 13.9 Å². The highest BCUT2D eigenvalue weighted by atomic mass is 35.5. The van der Waals surface area contributed by atoms with E-state index in [-0.39, 0.29) is 43.7 Å². The van der Waals surface area contributed by atoms with Gasteiger partial charge in [-0.1, -0.05) is 49.7 Å². The fraction of sp³-hybridized carbons (Fsp3) is 0.462. The number of nitrogens with zero attached hydrogens (tertiary/aromatic N) is 2. The van der Waals surface area contributed by atoms with Crippen LogP contribution in [0.4, 0.5) is 10.1 Å². The van der Waals surface area contributed by atoms with E-state index in [1.807, 2.05) is 13.8 Å². The second-order valence-corrected chi connectivity index (χ2v) is 11.6. The molecule has 0 aromatic heterocycles. The van der Waals surface area contributed by atoms with Gasteiger partial charge in [0.05, 0.1) is 11.9 Å². The Morgan fingerprint density at radius 2 is 1.78 bits per heavy atom. The maximum Gasteiger partial charge on any atom is 0.242 e. The zero-order valence-electron chi connectivity index (χ0n) is 21.4. The Morgan fingerprint density at radius 3 is 2.39 bits per heavy atom. The van der Waals surface area contributed by atoms with Gasteiger partial charge in [0.2, 0.25) is 21.8 Å². The zero-order valence-corrected chi connectivity index (χ0v) is 23.0. The highest BCUT2D eigenvalue weighted by Gasteiger charge is 2.27. The summed E-state index contributed by atoms with van der Waals surface area (Å²) < 4.78 is 40.6. The first-order chi connectivity index (χ1) is 16.8. The highest BCUT2D eigenvalue weighted by Crippen LogP contribution is 2.27. The monoisotopic (exact) mass is 539 g/mol. The molecule has 0 spiro atoms. The average Bonchev–Trinajstić information content (AvgIpc) is 2.80. The highest BCUT2D eigenvalue weighted by molar-refractivity contribution is 7.92. The molecule has 0 radical (unpaired) electrons. The Bertz CT molecular complexity index is 1170. The lowest BCUT2D eigenvalue weighted by atomic mass is 10.1. The molecule has 0 unspecified atom stereocenters. The number of carbonyl (C=O) groups is 2. The third-order valence-corrected chi connectivity index (χ3v) is 7.16. The Labute approximate surface area is 218 Å². The molecule has 0 saturated carbocycles. The van der Waals surface area contributed by atoms with Crippen molar-refractivity contribution in [1.82, 2.24) is 10.2 Å². The summed E-state index contributed by atoms with van der Waals surface area (Å²) in [6.45, 7) is 7.73. The SMILES string of the molecule is Cc1ccc(Cl)cc1N(CCCC(=O)N(Cc1ccccc1F)[C@H](C)C(=O)NCC(C)C)S(C)(=O)=O. The summed E-state index contributed by atoms with van der Waals surface area (Å²) >= 11 is 6.09. The average molecular weight is 540 g/mol. The van der Waals surface area contributed by atoms with Crippen LogP contribution in [-0.2, 0) is 26.2 Å². The van der Waals surface area contributed by atoms with Gasteiger partial charge in [0, 0.05) is 36.6 Å². The Kier molecular flexibility index (Phi) is 10.7. The van der Waals surface area contributed by atoms with Crippen molar-refractivity contribution in [2.45, 2.75) is 53.1 Å². The summed E-state index contributed by atoms with van der Waals surface area (Å²) in [5, 5.41) is 3.22. The topological polar surface area (TPSA) is 86.8 Å². The van der Waals surface area contributed by atoms with E-state index in [1.165, 1.54) is 15.3 Å². The summed E-state index contributed by atoms with van der Waals surface area (Å²) in [6.07, 6.45) is 1.27. The molecule has 10 heteroatoms. The molecule has 1 atom stereocenters. The maximum absolute atomic E-state index is 14.4. The molecule has 2 rings (SSSR count). The predicted molar refractivity (Wildman–Crippen MR) is 142 cm³/mol. The van der Waals surface area contributed by atoms with E-state index in [0.717, 1.165) is 11.8 Å². The predicted octanol–water partition coefficient (Wildman–Crippen LogP) is 4.52. The van der Waals surface area contributed by atoms with Gasteiger partial charge >= 0.3 is 0 Å². The molecule has 36 heavy (non-hydrogen) atoms. The van der Waals surface area contributed by atoms with Gasteiger partial charge in [-0.15, -0.1) is 0 Å². The number of sulfonamides is 1. The smallest absolute Gasteiger partial charge is 0.242 e. The largest absolute Gasteiger partial charge is 0.354 e. The molecule has 2 aromatic carbocycles. The number of halogens is 2. The van der Waals surface area contributed by atoms with Gasteiger partial charge in [0.15, 0.2) is 0 Å². The maximum atomic E-state index is 14.4. The molecule has 198 valence electrons. The van der Waals surface area contributed by atoms with E-state index in [9.17, 15) is 22.4 Å². The van der Waals surface area contributed by atoms with E-state index >= 15 is 0 Å². The van der Waals surface area contributed by atoms with Crippen LogP contribution in [0.3, 0.4) is 0 Å². The van der Waals surface area contributed by atoms with Crippen molar-refractivity contribution in [1.29, 1.82) is 0 Å². The first-order valence-electron chi connectivity index (χ1n) is 11.9. The molecule has 0 fully saturated rings. The third kappa shape index (κ3) is 8.48. The first-order valence-corrected chi connectivity index (χ1v) is 14.1. The molecule has 0 aliphatic heterocycles. The number of benzene rings is 2. The molecular formula is C26H35ClFN3O4S. The number of hydrogen-bond acceptors (Lipinski definition) is 4. The third-order valence-electron chi connectivity index (χ3n) is 5.74. The second kappa shape index (κ2) is 13.1. The van der Waals surface area contributed by atoms with Crippen LogP contribution in [0.5, 0.6) is 0 Å². The Hall–Kier alpha value is -2.65. The van der Waals surface area contributed by atoms with Crippen molar-refractivity contribution in [3.8, 4) is 0 Å². The summed E-state index contributed by atoms with van der Waals surface area (Å²) in [4.78, 5) is 27.3. The van der Waals surface area contributed by atoms with Gasteiger partial charge in [0.25, 0.3) is 0 Å². The van der Waals surface area contributed by atoms with E-state index in [1.54, 1.807) is 50.2 Å². The van der Waals surface area contributed by atoms with Crippen molar-refractivity contribution >= 4 is 39.1 Å². The van der Waals surface area contributed by atoms with Crippen molar-refractivity contribution in [2.24, 2.45) is 5.92 Å². The van der Waals surface area contributed by atoms with Gasteiger partial charge in [0.1, 0.15) is 11.9 Å². The molecule has 0 bridgehead atoms. The first kappa shape index (κ1) is 29.6. The number of aryl methyl sites for hydroxylation is 1. The van der Waals surface area contributed by atoms with Crippen LogP contribution in [-0.4, -0.2) is 50.5 Å². The molecule has 7 nitrogen and oxygen atoms in total. The number of amides is 2. The summed E-state index contributed by atoms with van der Waals surface area (Å²) in [5.41, 5.74) is 1.47. The van der Waals surface area contributed by atoms with Crippen molar-refractivity contribution in [2.75, 3.05) is 23.7 Å². The molecule has 1 N–H and O–H groups in total. The van der Waals surface area contributed by atoms with Gasteiger partial charge in [-0.25, -0.2) is 12.8 Å². The quantitative estimate of drug-likeness (QED) is 0.429. The lowest BCUT2D eigenvalue weighted by Gasteiger charge is -2.30. The van der Waals surface area contributed by atoms with Crippen LogP contribution in [0.25, 0.3) is 0 Å². The van der Waals surface area contributed by atoms with E-state index in [0.29, 0.717) is 22.8 Å². The van der Waals surface area contributed by atoms with Crippen LogP contribution < -0.4 is 9.62 Å². The van der Waals surface area contributed by atoms with Crippen molar-refractivity contribution in [3.63, 3.8) is 0 Å². The standard InChI is InChI=1S/C26H35ClFN3O4S/c1-18(2)16-29-26(33)20(4)30(17-21-9-6-7-10-23(21)28)25(32)11-8-14-31(36(5,34)35)24-15-22(27)13-12-19(24)3/h6-7,9-10,12-13,15,18,20H,8,11,14,16-17H2,1-5H3,(H,29,33)/t20-/m1/s1. The van der Waals surface area contributed by atoms with Gasteiger partial charge in [-0.05, 0) is 49.9 Å². The molecule has 2 aromatic rings. The molecule has 0 saturated heterocycles. The van der Waals surface area contributed by atoms with Crippen LogP contribution >= 0.6 is 11.6 Å². The number of nitrogens with one attached hydrogen (secondary N) is 1. The fourth-order valence-electron chi connectivity index (χ4n) is 3.68. The van der Waals surface area contributed by atoms with Crippen LogP contribution in [0, 0.1) is 18.7 Å². The number of rotatable bonds is 12. The van der Waals surface area contributed by atoms with Crippen LogP contribution in [0.15, 0.2) is 42.5 Å². The van der Waals surface area contributed by atoms with E-state index < -0.39 is 21.9 Å². The van der Waals surface area contributed by atoms with Crippen molar-refractivity contribution < 1.29 is 22.4 Å². The van der Waals surface area contributed by atoms with Gasteiger partial charge < -0.3 is 10.2 Å². The number of anilines is 1. The fourth-order valence-corrected chi connectivity index (χ4v) is 4.86. The summed E-state index contributed by atoms with van der Waals surface area (Å²) in [6, 6.07) is 10.2. The lowest BCUT2D eigenvalue weighted by molar-refractivity contribution is -0.140. The Morgan fingerprint density at radius 1 is 1.11 bits per heavy atom. The number of hydrogen-bond donors (Lipinski definition) is 1.